The summed E-state index contributed by atoms with van der Waals surface area (Å²) in [5.41, 5.74) is 5.69. The third kappa shape index (κ3) is 7.27. The zero-order valence-corrected chi connectivity index (χ0v) is 21.2. The first-order chi connectivity index (χ1) is 17.2. The highest BCUT2D eigenvalue weighted by Gasteiger charge is 2.36. The summed E-state index contributed by atoms with van der Waals surface area (Å²) >= 11 is 0. The molecular formula is C26H45N7O2. The van der Waals surface area contributed by atoms with Crippen molar-refractivity contribution in [2.75, 3.05) is 43.0 Å². The van der Waals surface area contributed by atoms with Crippen LogP contribution in [0.5, 0.6) is 0 Å². The quantitative estimate of drug-likeness (QED) is 0.419. The molecule has 196 valence electrons. The Kier molecular flexibility index (Phi) is 9.97. The number of piperidine rings is 1. The van der Waals surface area contributed by atoms with Crippen molar-refractivity contribution in [2.24, 2.45) is 5.73 Å². The summed E-state index contributed by atoms with van der Waals surface area (Å²) in [4.78, 5) is 26.7. The molecule has 0 aromatic carbocycles. The van der Waals surface area contributed by atoms with Crippen LogP contribution in [-0.2, 0) is 4.79 Å². The van der Waals surface area contributed by atoms with Gasteiger partial charge >= 0.3 is 0 Å². The highest BCUT2D eigenvalue weighted by atomic mass is 16.3. The van der Waals surface area contributed by atoms with E-state index < -0.39 is 6.04 Å². The van der Waals surface area contributed by atoms with Crippen LogP contribution in [-0.4, -0.2) is 82.8 Å². The molecule has 1 aliphatic carbocycles. The van der Waals surface area contributed by atoms with Crippen LogP contribution in [0.3, 0.4) is 0 Å². The topological polar surface area (TPSA) is 120 Å². The number of likely N-dealkylation sites (tertiary alicyclic amines) is 1. The molecule has 9 heteroatoms. The Morgan fingerprint density at radius 2 is 1.80 bits per heavy atom. The number of aliphatic hydroxyl groups is 1. The summed E-state index contributed by atoms with van der Waals surface area (Å²) in [6, 6.07) is 2.30. The number of carbonyl (C=O) groups excluding carboxylic acids is 1. The third-order valence-corrected chi connectivity index (χ3v) is 8.02. The summed E-state index contributed by atoms with van der Waals surface area (Å²) in [7, 11) is 0. The zero-order chi connectivity index (χ0) is 24.5. The molecule has 35 heavy (non-hydrogen) atoms. The van der Waals surface area contributed by atoms with Gasteiger partial charge in [0.2, 0.25) is 11.9 Å². The first-order valence-corrected chi connectivity index (χ1v) is 13.9. The molecule has 4 rings (SSSR count). The molecule has 0 radical (unpaired) electrons. The molecule has 2 aliphatic heterocycles. The first kappa shape index (κ1) is 26.1. The SMILES string of the molecule is N[C@@H](CO)C(=O)NCCC1C(Nc2nccc(N3CCCCCC3)n2)CCCN1C1CCCCC1. The predicted octanol–water partition coefficient (Wildman–Crippen LogP) is 2.26. The minimum atomic E-state index is -0.861. The number of nitrogens with two attached hydrogens (primary N) is 1. The average molecular weight is 488 g/mol. The fourth-order valence-electron chi connectivity index (χ4n) is 6.10. The second-order valence-electron chi connectivity index (χ2n) is 10.5. The van der Waals surface area contributed by atoms with Crippen LogP contribution in [0.25, 0.3) is 0 Å². The van der Waals surface area contributed by atoms with Crippen LogP contribution in [0.2, 0.25) is 0 Å². The van der Waals surface area contributed by atoms with Crippen molar-refractivity contribution in [3.8, 4) is 0 Å². The summed E-state index contributed by atoms with van der Waals surface area (Å²) < 4.78 is 0. The number of carbonyl (C=O) groups is 1. The number of nitrogens with zero attached hydrogens (tertiary/aromatic N) is 4. The van der Waals surface area contributed by atoms with Gasteiger partial charge in [-0.1, -0.05) is 32.1 Å². The number of hydrogen-bond donors (Lipinski definition) is 4. The number of hydrogen-bond acceptors (Lipinski definition) is 8. The summed E-state index contributed by atoms with van der Waals surface area (Å²) in [6.45, 7) is 3.44. The van der Waals surface area contributed by atoms with Gasteiger partial charge in [-0.15, -0.1) is 0 Å². The van der Waals surface area contributed by atoms with Crippen molar-refractivity contribution < 1.29 is 9.90 Å². The Balaban J connectivity index is 1.45. The number of nitrogens with one attached hydrogen (secondary N) is 2. The van der Waals surface area contributed by atoms with E-state index in [0.29, 0.717) is 24.6 Å². The van der Waals surface area contributed by atoms with Crippen molar-refractivity contribution in [3.05, 3.63) is 12.3 Å². The minimum absolute atomic E-state index is 0.230. The number of aliphatic hydroxyl groups excluding tert-OH is 1. The average Bonchev–Trinajstić information content (AvgIpc) is 3.19. The molecule has 5 N–H and O–H groups in total. The van der Waals surface area contributed by atoms with E-state index in [1.54, 1.807) is 0 Å². The largest absolute Gasteiger partial charge is 0.394 e. The van der Waals surface area contributed by atoms with Gasteiger partial charge in [0.15, 0.2) is 0 Å². The Hall–Kier alpha value is -1.97. The minimum Gasteiger partial charge on any atom is -0.394 e. The van der Waals surface area contributed by atoms with Crippen LogP contribution in [0, 0.1) is 0 Å². The van der Waals surface area contributed by atoms with Gasteiger partial charge in [0.1, 0.15) is 11.9 Å². The first-order valence-electron chi connectivity index (χ1n) is 13.9. The van der Waals surface area contributed by atoms with Gasteiger partial charge in [0, 0.05) is 44.0 Å². The van der Waals surface area contributed by atoms with Crippen LogP contribution in [0.1, 0.15) is 77.0 Å². The molecule has 3 atom stereocenters. The fourth-order valence-corrected chi connectivity index (χ4v) is 6.10. The summed E-state index contributed by atoms with van der Waals surface area (Å²) in [6.07, 6.45) is 16.4. The molecule has 1 aromatic heterocycles. The van der Waals surface area contributed by atoms with Crippen molar-refractivity contribution in [2.45, 2.75) is 101 Å². The maximum absolute atomic E-state index is 12.1. The van der Waals surface area contributed by atoms with E-state index in [2.05, 4.69) is 25.4 Å². The normalized spacial score (nSPS) is 25.6. The number of amides is 1. The van der Waals surface area contributed by atoms with Gasteiger partial charge in [0.05, 0.1) is 6.61 Å². The molecule has 1 saturated carbocycles. The molecule has 3 heterocycles. The molecule has 0 bridgehead atoms. The van der Waals surface area contributed by atoms with Crippen molar-refractivity contribution in [1.29, 1.82) is 0 Å². The monoisotopic (exact) mass is 487 g/mol. The Morgan fingerprint density at radius 1 is 1.06 bits per heavy atom. The Labute approximate surface area is 210 Å². The van der Waals surface area contributed by atoms with E-state index in [9.17, 15) is 9.90 Å². The summed E-state index contributed by atoms with van der Waals surface area (Å²) in [5, 5.41) is 15.8. The molecule has 2 saturated heterocycles. The number of aromatic nitrogens is 2. The maximum atomic E-state index is 12.1. The Morgan fingerprint density at radius 3 is 2.54 bits per heavy atom. The standard InChI is InChI=1S/C26H45N7O2/c27-21(19-34)25(35)28-14-12-23-22(11-8-18-33(23)20-9-4-3-5-10-20)30-26-29-15-13-24(31-26)32-16-6-1-2-7-17-32/h13,15,20-23,34H,1-12,14,16-19,27H2,(H,28,35)(H,29,30,31)/t21-,22?,23?/m0/s1. The van der Waals surface area contributed by atoms with Gasteiger partial charge in [-0.3, -0.25) is 9.69 Å². The number of rotatable bonds is 9. The third-order valence-electron chi connectivity index (χ3n) is 8.02. The van der Waals surface area contributed by atoms with E-state index in [1.807, 2.05) is 12.3 Å². The molecule has 9 nitrogen and oxygen atoms in total. The van der Waals surface area contributed by atoms with E-state index in [-0.39, 0.29) is 18.6 Å². The fraction of sp³-hybridized carbons (Fsp3) is 0.808. The lowest BCUT2D eigenvalue weighted by Crippen LogP contribution is -2.56. The van der Waals surface area contributed by atoms with Crippen LogP contribution >= 0.6 is 0 Å². The van der Waals surface area contributed by atoms with Gasteiger partial charge in [0.25, 0.3) is 0 Å². The smallest absolute Gasteiger partial charge is 0.239 e. The van der Waals surface area contributed by atoms with Gasteiger partial charge in [-0.2, -0.15) is 4.98 Å². The van der Waals surface area contributed by atoms with Crippen molar-refractivity contribution >= 4 is 17.7 Å². The van der Waals surface area contributed by atoms with Crippen LogP contribution in [0.4, 0.5) is 11.8 Å². The van der Waals surface area contributed by atoms with Crippen LogP contribution in [0.15, 0.2) is 12.3 Å². The summed E-state index contributed by atoms with van der Waals surface area (Å²) in [5.74, 6) is 1.44. The lowest BCUT2D eigenvalue weighted by Gasteiger charge is -2.47. The van der Waals surface area contributed by atoms with Gasteiger partial charge < -0.3 is 26.4 Å². The molecule has 0 spiro atoms. The molecular weight excluding hydrogens is 442 g/mol. The van der Waals surface area contributed by atoms with Crippen LogP contribution < -0.4 is 21.3 Å². The van der Waals surface area contributed by atoms with E-state index in [4.69, 9.17) is 10.7 Å². The molecule has 3 fully saturated rings. The molecule has 3 aliphatic rings. The zero-order valence-electron chi connectivity index (χ0n) is 21.2. The highest BCUT2D eigenvalue weighted by Crippen LogP contribution is 2.31. The lowest BCUT2D eigenvalue weighted by molar-refractivity contribution is -0.123. The van der Waals surface area contributed by atoms with Crippen molar-refractivity contribution in [3.63, 3.8) is 0 Å². The highest BCUT2D eigenvalue weighted by molar-refractivity contribution is 5.81. The molecule has 2 unspecified atom stereocenters. The molecule has 1 aromatic rings. The lowest BCUT2D eigenvalue weighted by atomic mass is 9.87. The van der Waals surface area contributed by atoms with E-state index in [0.717, 1.165) is 44.7 Å². The van der Waals surface area contributed by atoms with Gasteiger partial charge in [-0.25, -0.2) is 4.98 Å². The van der Waals surface area contributed by atoms with Crippen molar-refractivity contribution in [1.82, 2.24) is 20.2 Å². The van der Waals surface area contributed by atoms with Gasteiger partial charge in [-0.05, 0) is 57.6 Å². The Bertz CT molecular complexity index is 781. The van der Waals surface area contributed by atoms with E-state index >= 15 is 0 Å². The second kappa shape index (κ2) is 13.4. The van der Waals surface area contributed by atoms with E-state index in [1.165, 1.54) is 57.8 Å². The number of anilines is 2. The predicted molar refractivity (Wildman–Crippen MR) is 139 cm³/mol. The molecule has 1 amide bonds. The maximum Gasteiger partial charge on any atom is 0.239 e. The second-order valence-corrected chi connectivity index (χ2v) is 10.5.